The molecule has 0 aromatic carbocycles. The van der Waals surface area contributed by atoms with Gasteiger partial charge in [0.15, 0.2) is 22.5 Å². The van der Waals surface area contributed by atoms with Crippen LogP contribution in [0.2, 0.25) is 5.15 Å². The third-order valence-electron chi connectivity index (χ3n) is 5.21. The van der Waals surface area contributed by atoms with Crippen LogP contribution < -0.4 is 4.74 Å². The van der Waals surface area contributed by atoms with Crippen LogP contribution in [-0.4, -0.2) is 30.0 Å². The molecule has 180 valence electrons. The summed E-state index contributed by atoms with van der Waals surface area (Å²) in [5.41, 5.74) is 2.92. The number of halogens is 3. The average Bonchev–Trinajstić information content (AvgIpc) is 2.80. The van der Waals surface area contributed by atoms with E-state index in [0.29, 0.717) is 17.1 Å². The first kappa shape index (κ1) is 24.6. The second-order valence-electron chi connectivity index (χ2n) is 8.52. The van der Waals surface area contributed by atoms with Crippen LogP contribution in [0.3, 0.4) is 0 Å². The lowest BCUT2D eigenvalue weighted by atomic mass is 10.0. The Balaban J connectivity index is 1.66. The number of hydrogen-bond donors (Lipinski definition) is 1. The lowest BCUT2D eigenvalue weighted by Crippen LogP contribution is -2.19. The van der Waals surface area contributed by atoms with Crippen LogP contribution in [-0.2, 0) is 12.2 Å². The second kappa shape index (κ2) is 9.59. The number of aromatic nitrogens is 5. The van der Waals surface area contributed by atoms with Crippen molar-refractivity contribution in [2.75, 3.05) is 0 Å². The van der Waals surface area contributed by atoms with Crippen LogP contribution in [0, 0.1) is 25.5 Å². The minimum atomic E-state index is -1.20. The Morgan fingerprint density at radius 3 is 2.46 bits per heavy atom. The van der Waals surface area contributed by atoms with Gasteiger partial charge in [-0.25, -0.2) is 23.7 Å². The van der Waals surface area contributed by atoms with E-state index in [1.165, 1.54) is 0 Å². The molecular formula is C25H22ClF2N5O2. The predicted octanol–water partition coefficient (Wildman–Crippen LogP) is 5.35. The molecule has 4 rings (SSSR count). The Bertz CT molecular complexity index is 1410. The molecule has 1 N–H and O–H groups in total. The lowest BCUT2D eigenvalue weighted by Gasteiger charge is -2.16. The molecule has 0 saturated carbocycles. The fraction of sp³-hybridized carbons (Fsp3) is 0.240. The van der Waals surface area contributed by atoms with E-state index in [4.69, 9.17) is 16.3 Å². The first-order valence-corrected chi connectivity index (χ1v) is 11.0. The van der Waals surface area contributed by atoms with Gasteiger partial charge in [-0.15, -0.1) is 0 Å². The summed E-state index contributed by atoms with van der Waals surface area (Å²) in [7, 11) is 0. The Labute approximate surface area is 205 Å². The maximum atomic E-state index is 13.9. The van der Waals surface area contributed by atoms with Crippen LogP contribution in [0.25, 0.3) is 22.6 Å². The minimum Gasteiger partial charge on any atom is -0.484 e. The molecule has 4 aromatic heterocycles. The van der Waals surface area contributed by atoms with Gasteiger partial charge >= 0.3 is 0 Å². The van der Waals surface area contributed by atoms with E-state index < -0.39 is 17.2 Å². The number of ether oxygens (including phenoxy) is 1. The van der Waals surface area contributed by atoms with E-state index in [0.717, 1.165) is 29.0 Å². The van der Waals surface area contributed by atoms with Gasteiger partial charge in [0.1, 0.15) is 23.7 Å². The first-order chi connectivity index (χ1) is 16.5. The number of pyridine rings is 3. The van der Waals surface area contributed by atoms with Gasteiger partial charge in [0.05, 0.1) is 23.3 Å². The smallest absolute Gasteiger partial charge is 0.171 e. The molecular weight excluding hydrogens is 476 g/mol. The van der Waals surface area contributed by atoms with E-state index in [9.17, 15) is 13.9 Å². The topological polar surface area (TPSA) is 93.9 Å². The van der Waals surface area contributed by atoms with Crippen molar-refractivity contribution < 1.29 is 18.6 Å². The zero-order valence-electron chi connectivity index (χ0n) is 19.5. The van der Waals surface area contributed by atoms with Crippen molar-refractivity contribution in [3.05, 3.63) is 82.3 Å². The highest BCUT2D eigenvalue weighted by molar-refractivity contribution is 6.31. The molecule has 0 unspecified atom stereocenters. The van der Waals surface area contributed by atoms with Crippen LogP contribution in [0.4, 0.5) is 8.78 Å². The third-order valence-corrected chi connectivity index (χ3v) is 5.48. The molecule has 35 heavy (non-hydrogen) atoms. The molecule has 0 spiro atoms. The molecule has 0 saturated heterocycles. The molecule has 0 atom stereocenters. The maximum absolute atomic E-state index is 13.9. The molecule has 4 aromatic rings. The number of aryl methyl sites for hydroxylation is 2. The molecule has 0 radical (unpaired) electrons. The zero-order valence-corrected chi connectivity index (χ0v) is 20.2. The standard InChI is InChI=1S/C25H22ClF2N5O2/c1-13-7-21(35-12-20-17(28)8-15(27)11-31-20)23(26)33-22(13)16-9-19(30-10-14(16)2)18-5-6-29-24(32-18)25(3,4)34/h5-11,34H,12H2,1-4H3. The van der Waals surface area contributed by atoms with E-state index in [1.807, 2.05) is 19.9 Å². The fourth-order valence-electron chi connectivity index (χ4n) is 3.35. The number of nitrogens with zero attached hydrogens (tertiary/aromatic N) is 5. The highest BCUT2D eigenvalue weighted by Gasteiger charge is 2.21. The van der Waals surface area contributed by atoms with Gasteiger partial charge in [-0.2, -0.15) is 0 Å². The molecule has 0 amide bonds. The third kappa shape index (κ3) is 5.41. The SMILES string of the molecule is Cc1cnc(-c2ccnc(C(C)(C)O)n2)cc1-c1nc(Cl)c(OCc2ncc(F)cc2F)cc1C. The van der Waals surface area contributed by atoms with Gasteiger partial charge in [-0.1, -0.05) is 11.6 Å². The number of rotatable bonds is 6. The molecule has 10 heteroatoms. The largest absolute Gasteiger partial charge is 0.484 e. The average molecular weight is 498 g/mol. The van der Waals surface area contributed by atoms with Crippen molar-refractivity contribution >= 4 is 11.6 Å². The lowest BCUT2D eigenvalue weighted by molar-refractivity contribution is 0.0688. The Morgan fingerprint density at radius 1 is 0.971 bits per heavy atom. The van der Waals surface area contributed by atoms with Gasteiger partial charge in [0, 0.05) is 24.0 Å². The van der Waals surface area contributed by atoms with Crippen molar-refractivity contribution in [3.8, 4) is 28.4 Å². The first-order valence-electron chi connectivity index (χ1n) is 10.7. The Kier molecular flexibility index (Phi) is 6.73. The van der Waals surface area contributed by atoms with Crippen LogP contribution in [0.1, 0.15) is 36.5 Å². The highest BCUT2D eigenvalue weighted by atomic mass is 35.5. The van der Waals surface area contributed by atoms with E-state index >= 15 is 0 Å². The summed E-state index contributed by atoms with van der Waals surface area (Å²) < 4.78 is 32.6. The van der Waals surface area contributed by atoms with Crippen molar-refractivity contribution in [3.63, 3.8) is 0 Å². The quantitative estimate of drug-likeness (QED) is 0.359. The molecule has 0 aliphatic rings. The predicted molar refractivity (Wildman–Crippen MR) is 127 cm³/mol. The summed E-state index contributed by atoms with van der Waals surface area (Å²) in [6.45, 7) is 6.73. The van der Waals surface area contributed by atoms with Gasteiger partial charge in [0.25, 0.3) is 0 Å². The van der Waals surface area contributed by atoms with Crippen molar-refractivity contribution in [1.29, 1.82) is 0 Å². The summed E-state index contributed by atoms with van der Waals surface area (Å²) in [5, 5.41) is 10.3. The minimum absolute atomic E-state index is 0.0471. The summed E-state index contributed by atoms with van der Waals surface area (Å²) in [6.07, 6.45) is 4.20. The number of aliphatic hydroxyl groups is 1. The van der Waals surface area contributed by atoms with Crippen LogP contribution >= 0.6 is 11.6 Å². The monoisotopic (exact) mass is 497 g/mol. The van der Waals surface area contributed by atoms with E-state index in [1.54, 1.807) is 38.4 Å². The van der Waals surface area contributed by atoms with Crippen LogP contribution in [0.5, 0.6) is 5.75 Å². The highest BCUT2D eigenvalue weighted by Crippen LogP contribution is 2.34. The molecule has 0 aliphatic heterocycles. The summed E-state index contributed by atoms with van der Waals surface area (Å²) in [5.74, 6) is -1.04. The van der Waals surface area contributed by atoms with Gasteiger partial charge in [0.2, 0.25) is 0 Å². The Hall–Kier alpha value is -3.56. The van der Waals surface area contributed by atoms with Crippen molar-refractivity contribution in [2.45, 2.75) is 39.9 Å². The molecule has 0 bridgehead atoms. The van der Waals surface area contributed by atoms with Crippen molar-refractivity contribution in [1.82, 2.24) is 24.9 Å². The summed E-state index contributed by atoms with van der Waals surface area (Å²) in [4.78, 5) is 21.3. The molecule has 4 heterocycles. The van der Waals surface area contributed by atoms with Crippen molar-refractivity contribution in [2.24, 2.45) is 0 Å². The van der Waals surface area contributed by atoms with Gasteiger partial charge in [-0.3, -0.25) is 9.97 Å². The van der Waals surface area contributed by atoms with E-state index in [2.05, 4.69) is 24.9 Å². The van der Waals surface area contributed by atoms with Gasteiger partial charge in [-0.05, 0) is 57.0 Å². The molecule has 0 fully saturated rings. The number of hydrogen-bond acceptors (Lipinski definition) is 7. The zero-order chi connectivity index (χ0) is 25.3. The summed E-state index contributed by atoms with van der Waals surface area (Å²) in [6, 6.07) is 5.99. The summed E-state index contributed by atoms with van der Waals surface area (Å²) >= 11 is 6.39. The van der Waals surface area contributed by atoms with E-state index in [-0.39, 0.29) is 29.0 Å². The second-order valence-corrected chi connectivity index (χ2v) is 8.88. The van der Waals surface area contributed by atoms with Crippen LogP contribution in [0.15, 0.2) is 42.9 Å². The maximum Gasteiger partial charge on any atom is 0.171 e. The van der Waals surface area contributed by atoms with Gasteiger partial charge < -0.3 is 9.84 Å². The molecule has 7 nitrogen and oxygen atoms in total. The Morgan fingerprint density at radius 2 is 1.74 bits per heavy atom. The fourth-order valence-corrected chi connectivity index (χ4v) is 3.54. The normalized spacial score (nSPS) is 11.5. The molecule has 0 aliphatic carbocycles.